The number of rotatable bonds is 7. The summed E-state index contributed by atoms with van der Waals surface area (Å²) in [7, 11) is 2.00. The molecule has 156 valence electrons. The van der Waals surface area contributed by atoms with Gasteiger partial charge in [-0.05, 0) is 50.6 Å². The highest BCUT2D eigenvalue weighted by Crippen LogP contribution is 2.29. The largest absolute Gasteiger partial charge is 0.337 e. The third-order valence-electron chi connectivity index (χ3n) is 6.57. The molecule has 2 aliphatic rings. The number of unbranched alkanes of at least 4 members (excludes halogenated alkanes) is 1. The molecule has 29 heavy (non-hydrogen) atoms. The lowest BCUT2D eigenvalue weighted by Crippen LogP contribution is -2.40. The van der Waals surface area contributed by atoms with Gasteiger partial charge in [-0.15, -0.1) is 0 Å². The number of hydrogen-bond acceptors (Lipinski definition) is 3. The Balaban J connectivity index is 1.55. The normalized spacial score (nSPS) is 19.0. The first-order valence-electron chi connectivity index (χ1n) is 11.3. The van der Waals surface area contributed by atoms with Crippen molar-refractivity contribution in [2.45, 2.75) is 64.5 Å². The Hall–Kier alpha value is -2.14. The monoisotopic (exact) mass is 394 g/mol. The average molecular weight is 395 g/mol. The number of likely N-dealkylation sites (tertiary alicyclic amines) is 1. The third-order valence-corrected chi connectivity index (χ3v) is 6.57. The van der Waals surface area contributed by atoms with E-state index in [1.54, 1.807) is 0 Å². The maximum absolute atomic E-state index is 13.1. The molecule has 0 N–H and O–H groups in total. The van der Waals surface area contributed by atoms with Crippen molar-refractivity contribution in [2.75, 3.05) is 19.6 Å². The minimum atomic E-state index is 0.142. The number of aryl methyl sites for hydroxylation is 1. The van der Waals surface area contributed by atoms with E-state index in [9.17, 15) is 4.79 Å². The van der Waals surface area contributed by atoms with Gasteiger partial charge < -0.3 is 4.90 Å². The minimum absolute atomic E-state index is 0.142. The molecule has 5 nitrogen and oxygen atoms in total. The summed E-state index contributed by atoms with van der Waals surface area (Å²) in [5.74, 6) is 0.142. The SMILES string of the molecule is CCCCN(Cc1ccccc1)C1CCc2c(c(C(=O)N3CCCC3)nn2C)C1. The fourth-order valence-electron chi connectivity index (χ4n) is 4.89. The summed E-state index contributed by atoms with van der Waals surface area (Å²) in [5.41, 5.74) is 4.55. The maximum Gasteiger partial charge on any atom is 0.274 e. The molecule has 1 unspecified atom stereocenters. The average Bonchev–Trinajstić information content (AvgIpc) is 3.40. The Labute approximate surface area is 174 Å². The van der Waals surface area contributed by atoms with Crippen LogP contribution in [0.3, 0.4) is 0 Å². The van der Waals surface area contributed by atoms with E-state index >= 15 is 0 Å². The van der Waals surface area contributed by atoms with Crippen molar-refractivity contribution in [3.05, 3.63) is 52.8 Å². The van der Waals surface area contributed by atoms with Crippen LogP contribution in [0.25, 0.3) is 0 Å². The van der Waals surface area contributed by atoms with Crippen molar-refractivity contribution in [3.63, 3.8) is 0 Å². The highest BCUT2D eigenvalue weighted by Gasteiger charge is 2.33. The molecule has 1 aliphatic carbocycles. The topological polar surface area (TPSA) is 41.4 Å². The second-order valence-electron chi connectivity index (χ2n) is 8.60. The summed E-state index contributed by atoms with van der Waals surface area (Å²) in [6.45, 7) is 6.11. The number of hydrogen-bond donors (Lipinski definition) is 0. The Bertz CT molecular complexity index is 823. The second-order valence-corrected chi connectivity index (χ2v) is 8.60. The molecule has 1 aromatic carbocycles. The van der Waals surface area contributed by atoms with Crippen LogP contribution in [0, 0.1) is 0 Å². The predicted molar refractivity (Wildman–Crippen MR) is 116 cm³/mol. The van der Waals surface area contributed by atoms with Crippen LogP contribution in [0.15, 0.2) is 30.3 Å². The van der Waals surface area contributed by atoms with Crippen LogP contribution in [0.4, 0.5) is 0 Å². The van der Waals surface area contributed by atoms with E-state index in [2.05, 4.69) is 47.3 Å². The molecule has 0 radical (unpaired) electrons. The molecular weight excluding hydrogens is 360 g/mol. The van der Waals surface area contributed by atoms with E-state index in [0.717, 1.165) is 58.3 Å². The fraction of sp³-hybridized carbons (Fsp3) is 0.583. The van der Waals surface area contributed by atoms with Crippen LogP contribution < -0.4 is 0 Å². The Morgan fingerprint density at radius 2 is 1.97 bits per heavy atom. The van der Waals surface area contributed by atoms with Crippen molar-refractivity contribution in [1.82, 2.24) is 19.6 Å². The molecule has 1 amide bonds. The summed E-state index contributed by atoms with van der Waals surface area (Å²) in [6, 6.07) is 11.3. The summed E-state index contributed by atoms with van der Waals surface area (Å²) in [5, 5.41) is 4.68. The molecular formula is C24H34N4O. The highest BCUT2D eigenvalue weighted by molar-refractivity contribution is 5.94. The Kier molecular flexibility index (Phi) is 6.34. The fourth-order valence-corrected chi connectivity index (χ4v) is 4.89. The molecule has 0 bridgehead atoms. The summed E-state index contributed by atoms with van der Waals surface area (Å²) in [6.07, 6.45) is 7.73. The number of aromatic nitrogens is 2. The van der Waals surface area contributed by atoms with E-state index in [1.165, 1.54) is 29.7 Å². The molecule has 1 fully saturated rings. The first-order valence-corrected chi connectivity index (χ1v) is 11.3. The van der Waals surface area contributed by atoms with Gasteiger partial charge in [0.15, 0.2) is 5.69 Å². The minimum Gasteiger partial charge on any atom is -0.337 e. The molecule has 0 saturated carbocycles. The van der Waals surface area contributed by atoms with E-state index in [0.29, 0.717) is 11.7 Å². The molecule has 1 atom stereocenters. The van der Waals surface area contributed by atoms with Crippen LogP contribution in [0.5, 0.6) is 0 Å². The lowest BCUT2D eigenvalue weighted by Gasteiger charge is -2.35. The van der Waals surface area contributed by atoms with Gasteiger partial charge in [0.2, 0.25) is 0 Å². The second kappa shape index (κ2) is 9.12. The van der Waals surface area contributed by atoms with Gasteiger partial charge in [-0.25, -0.2) is 0 Å². The lowest BCUT2D eigenvalue weighted by molar-refractivity contribution is 0.0784. The third kappa shape index (κ3) is 4.40. The number of carbonyl (C=O) groups excluding carboxylic acids is 1. The molecule has 2 aromatic rings. The van der Waals surface area contributed by atoms with Crippen molar-refractivity contribution in [3.8, 4) is 0 Å². The summed E-state index contributed by atoms with van der Waals surface area (Å²) >= 11 is 0. The van der Waals surface area contributed by atoms with Gasteiger partial charge >= 0.3 is 0 Å². The van der Waals surface area contributed by atoms with Gasteiger partial charge in [0, 0.05) is 44.0 Å². The number of benzene rings is 1. The van der Waals surface area contributed by atoms with Crippen molar-refractivity contribution >= 4 is 5.91 Å². The molecule has 1 saturated heterocycles. The van der Waals surface area contributed by atoms with Crippen LogP contribution in [-0.4, -0.2) is 51.2 Å². The smallest absolute Gasteiger partial charge is 0.274 e. The van der Waals surface area contributed by atoms with Crippen LogP contribution >= 0.6 is 0 Å². The van der Waals surface area contributed by atoms with Crippen molar-refractivity contribution < 1.29 is 4.79 Å². The van der Waals surface area contributed by atoms with Gasteiger partial charge in [-0.1, -0.05) is 43.7 Å². The van der Waals surface area contributed by atoms with E-state index in [4.69, 9.17) is 0 Å². The van der Waals surface area contributed by atoms with Gasteiger partial charge in [-0.2, -0.15) is 5.10 Å². The highest BCUT2D eigenvalue weighted by atomic mass is 16.2. The van der Waals surface area contributed by atoms with Crippen LogP contribution in [0.1, 0.15) is 66.3 Å². The molecule has 5 heteroatoms. The lowest BCUT2D eigenvalue weighted by atomic mass is 9.89. The van der Waals surface area contributed by atoms with Gasteiger partial charge in [0.1, 0.15) is 0 Å². The van der Waals surface area contributed by atoms with Gasteiger partial charge in [0.05, 0.1) is 0 Å². The molecule has 1 aromatic heterocycles. The molecule has 1 aliphatic heterocycles. The summed E-state index contributed by atoms with van der Waals surface area (Å²) < 4.78 is 1.96. The zero-order valence-electron chi connectivity index (χ0n) is 17.9. The van der Waals surface area contributed by atoms with Crippen molar-refractivity contribution in [2.24, 2.45) is 7.05 Å². The first kappa shape index (κ1) is 20.1. The standard InChI is InChI=1S/C24H34N4O/c1-3-4-14-28(18-19-10-6-5-7-11-19)20-12-13-22-21(17-20)23(25-26(22)2)24(29)27-15-8-9-16-27/h5-7,10-11,20H,3-4,8-9,12-18H2,1-2H3. The van der Waals surface area contributed by atoms with Gasteiger partial charge in [0.25, 0.3) is 5.91 Å². The Morgan fingerprint density at radius 1 is 1.21 bits per heavy atom. The van der Waals surface area contributed by atoms with Crippen LogP contribution in [-0.2, 0) is 26.4 Å². The van der Waals surface area contributed by atoms with E-state index in [-0.39, 0.29) is 5.91 Å². The molecule has 2 heterocycles. The number of nitrogens with zero attached hydrogens (tertiary/aromatic N) is 4. The van der Waals surface area contributed by atoms with Crippen molar-refractivity contribution in [1.29, 1.82) is 0 Å². The number of amides is 1. The number of carbonyl (C=O) groups is 1. The first-order chi connectivity index (χ1) is 14.2. The predicted octanol–water partition coefficient (Wildman–Crippen LogP) is 3.82. The zero-order valence-corrected chi connectivity index (χ0v) is 17.9. The molecule has 0 spiro atoms. The quantitative estimate of drug-likeness (QED) is 0.717. The zero-order chi connectivity index (χ0) is 20.2. The number of fused-ring (bicyclic) bond motifs is 1. The molecule has 4 rings (SSSR count). The van der Waals surface area contributed by atoms with Crippen LogP contribution in [0.2, 0.25) is 0 Å². The summed E-state index contributed by atoms with van der Waals surface area (Å²) in [4.78, 5) is 17.7. The van der Waals surface area contributed by atoms with E-state index in [1.807, 2.05) is 16.6 Å². The van der Waals surface area contributed by atoms with E-state index < -0.39 is 0 Å². The maximum atomic E-state index is 13.1. The Morgan fingerprint density at radius 3 is 2.69 bits per heavy atom. The van der Waals surface area contributed by atoms with Gasteiger partial charge in [-0.3, -0.25) is 14.4 Å².